The SMILES string of the molecule is CNc1nc(Cl)cc(N2C[C@H](C)C[C@@H](C(NC(=O)O)C(C)(C)C)C2)n1. The molecule has 1 unspecified atom stereocenters. The van der Waals surface area contributed by atoms with E-state index in [1.807, 2.05) is 0 Å². The van der Waals surface area contributed by atoms with E-state index in [4.69, 9.17) is 11.6 Å². The van der Waals surface area contributed by atoms with Crippen molar-refractivity contribution in [2.75, 3.05) is 30.4 Å². The summed E-state index contributed by atoms with van der Waals surface area (Å²) in [7, 11) is 1.75. The molecule has 1 aliphatic heterocycles. The van der Waals surface area contributed by atoms with Crippen LogP contribution in [-0.2, 0) is 0 Å². The number of halogens is 1. The predicted octanol–water partition coefficient (Wildman–Crippen LogP) is 3.32. The van der Waals surface area contributed by atoms with E-state index in [9.17, 15) is 9.90 Å². The van der Waals surface area contributed by atoms with Gasteiger partial charge in [0.05, 0.1) is 0 Å². The Morgan fingerprint density at radius 1 is 1.40 bits per heavy atom. The van der Waals surface area contributed by atoms with Crippen molar-refractivity contribution < 1.29 is 9.90 Å². The van der Waals surface area contributed by atoms with Gasteiger partial charge in [-0.05, 0) is 23.7 Å². The lowest BCUT2D eigenvalue weighted by Gasteiger charge is -2.44. The van der Waals surface area contributed by atoms with Crippen molar-refractivity contribution in [2.24, 2.45) is 17.3 Å². The Morgan fingerprint density at radius 2 is 2.08 bits per heavy atom. The molecule has 2 rings (SSSR count). The van der Waals surface area contributed by atoms with Crippen LogP contribution in [0.1, 0.15) is 34.1 Å². The topological polar surface area (TPSA) is 90.4 Å². The van der Waals surface area contributed by atoms with Gasteiger partial charge in [-0.1, -0.05) is 39.3 Å². The van der Waals surface area contributed by atoms with Crippen LogP contribution in [0.25, 0.3) is 0 Å². The van der Waals surface area contributed by atoms with Crippen molar-refractivity contribution in [1.29, 1.82) is 0 Å². The van der Waals surface area contributed by atoms with Gasteiger partial charge in [0.15, 0.2) is 0 Å². The molecule has 0 saturated carbocycles. The maximum Gasteiger partial charge on any atom is 0.404 e. The molecule has 0 aliphatic carbocycles. The Morgan fingerprint density at radius 3 is 2.64 bits per heavy atom. The highest BCUT2D eigenvalue weighted by molar-refractivity contribution is 6.29. The molecule has 1 aromatic heterocycles. The molecule has 25 heavy (non-hydrogen) atoms. The molecule has 2 heterocycles. The first-order valence-electron chi connectivity index (χ1n) is 8.57. The van der Waals surface area contributed by atoms with Crippen molar-refractivity contribution in [3.05, 3.63) is 11.2 Å². The molecule has 0 bridgehead atoms. The van der Waals surface area contributed by atoms with Gasteiger partial charge in [0.2, 0.25) is 5.95 Å². The van der Waals surface area contributed by atoms with Gasteiger partial charge in [-0.3, -0.25) is 0 Å². The molecule has 0 aromatic carbocycles. The average molecular weight is 370 g/mol. The van der Waals surface area contributed by atoms with Crippen molar-refractivity contribution in [3.63, 3.8) is 0 Å². The van der Waals surface area contributed by atoms with E-state index >= 15 is 0 Å². The molecule has 1 amide bonds. The third kappa shape index (κ3) is 5.11. The van der Waals surface area contributed by atoms with Gasteiger partial charge < -0.3 is 20.6 Å². The molecule has 1 aliphatic rings. The van der Waals surface area contributed by atoms with Gasteiger partial charge in [0, 0.05) is 32.2 Å². The van der Waals surface area contributed by atoms with Crippen molar-refractivity contribution >= 4 is 29.5 Å². The molecule has 0 radical (unpaired) electrons. The number of carbonyl (C=O) groups is 1. The molecular formula is C17H28ClN5O2. The molecule has 3 N–H and O–H groups in total. The summed E-state index contributed by atoms with van der Waals surface area (Å²) >= 11 is 6.12. The number of aromatic nitrogens is 2. The Balaban J connectivity index is 2.28. The lowest BCUT2D eigenvalue weighted by atomic mass is 9.74. The summed E-state index contributed by atoms with van der Waals surface area (Å²) in [4.78, 5) is 22.1. The minimum Gasteiger partial charge on any atom is -0.465 e. The van der Waals surface area contributed by atoms with Gasteiger partial charge in [-0.25, -0.2) is 9.78 Å². The Kier molecular flexibility index (Phi) is 5.98. The first kappa shape index (κ1) is 19.6. The maximum absolute atomic E-state index is 11.3. The van der Waals surface area contributed by atoms with Crippen molar-refractivity contribution in [2.45, 2.75) is 40.2 Å². The summed E-state index contributed by atoms with van der Waals surface area (Å²) in [5.41, 5.74) is -0.175. The lowest BCUT2D eigenvalue weighted by molar-refractivity contribution is 0.137. The Bertz CT molecular complexity index is 620. The molecule has 1 saturated heterocycles. The molecule has 140 valence electrons. The fraction of sp³-hybridized carbons (Fsp3) is 0.706. The summed E-state index contributed by atoms with van der Waals surface area (Å²) in [6, 6.07) is 1.62. The van der Waals surface area contributed by atoms with Gasteiger partial charge in [0.1, 0.15) is 11.0 Å². The summed E-state index contributed by atoms with van der Waals surface area (Å²) < 4.78 is 0. The number of hydrogen-bond donors (Lipinski definition) is 3. The van der Waals surface area contributed by atoms with Crippen LogP contribution in [0.2, 0.25) is 5.15 Å². The summed E-state index contributed by atoms with van der Waals surface area (Å²) in [6.07, 6.45) is -0.0107. The number of nitrogens with zero attached hydrogens (tertiary/aromatic N) is 3. The van der Waals surface area contributed by atoms with Crippen molar-refractivity contribution in [3.8, 4) is 0 Å². The normalized spacial score (nSPS) is 22.4. The number of amides is 1. The largest absolute Gasteiger partial charge is 0.465 e. The maximum atomic E-state index is 11.3. The third-order valence-electron chi connectivity index (χ3n) is 4.60. The first-order chi connectivity index (χ1) is 11.6. The molecular weight excluding hydrogens is 342 g/mol. The van der Waals surface area contributed by atoms with E-state index < -0.39 is 6.09 Å². The second kappa shape index (κ2) is 7.64. The van der Waals surface area contributed by atoms with E-state index in [2.05, 4.69) is 53.2 Å². The molecule has 7 nitrogen and oxygen atoms in total. The number of nitrogens with one attached hydrogen (secondary N) is 2. The standard InChI is InChI=1S/C17H28ClN5O2/c1-10-6-11(14(17(2,3)4)22-16(24)25)9-23(8-10)13-7-12(18)20-15(19-5)21-13/h7,10-11,14,22H,6,8-9H2,1-5H3,(H,24,25)(H,19,20,21)/t10-,11-,14?/m1/s1. The highest BCUT2D eigenvalue weighted by Crippen LogP contribution is 2.34. The zero-order chi connectivity index (χ0) is 18.8. The number of carboxylic acid groups (broad SMARTS) is 1. The molecule has 3 atom stereocenters. The van der Waals surface area contributed by atoms with E-state index in [1.165, 1.54) is 0 Å². The monoisotopic (exact) mass is 369 g/mol. The second-order valence-electron chi connectivity index (χ2n) is 7.92. The minimum absolute atomic E-state index is 0.142. The van der Waals surface area contributed by atoms with Gasteiger partial charge in [-0.15, -0.1) is 0 Å². The van der Waals surface area contributed by atoms with Crippen LogP contribution in [0.15, 0.2) is 6.07 Å². The highest BCUT2D eigenvalue weighted by Gasteiger charge is 2.38. The Hall–Kier alpha value is -1.76. The summed E-state index contributed by atoms with van der Waals surface area (Å²) in [5, 5.41) is 15.3. The van der Waals surface area contributed by atoms with Crippen LogP contribution >= 0.6 is 11.6 Å². The van der Waals surface area contributed by atoms with Gasteiger partial charge in [0.25, 0.3) is 0 Å². The van der Waals surface area contributed by atoms with Crippen LogP contribution < -0.4 is 15.5 Å². The van der Waals surface area contributed by atoms with E-state index in [0.29, 0.717) is 17.0 Å². The summed E-state index contributed by atoms with van der Waals surface area (Å²) in [6.45, 7) is 9.97. The lowest BCUT2D eigenvalue weighted by Crippen LogP contribution is -2.54. The fourth-order valence-corrected chi connectivity index (χ4v) is 3.86. The number of piperidine rings is 1. The average Bonchev–Trinajstić information content (AvgIpc) is 2.50. The summed E-state index contributed by atoms with van der Waals surface area (Å²) in [5.74, 6) is 1.86. The van der Waals surface area contributed by atoms with Gasteiger partial charge in [-0.2, -0.15) is 4.98 Å². The minimum atomic E-state index is -0.979. The quantitative estimate of drug-likeness (QED) is 0.705. The molecule has 1 aromatic rings. The van der Waals surface area contributed by atoms with Gasteiger partial charge >= 0.3 is 6.09 Å². The van der Waals surface area contributed by atoms with Crippen molar-refractivity contribution in [1.82, 2.24) is 15.3 Å². The van der Waals surface area contributed by atoms with E-state index in [0.717, 1.165) is 25.3 Å². The molecule has 1 fully saturated rings. The zero-order valence-electron chi connectivity index (χ0n) is 15.5. The van der Waals surface area contributed by atoms with Crippen LogP contribution in [0.5, 0.6) is 0 Å². The number of anilines is 2. The second-order valence-corrected chi connectivity index (χ2v) is 8.31. The fourth-order valence-electron chi connectivity index (χ4n) is 3.68. The number of hydrogen-bond acceptors (Lipinski definition) is 5. The van der Waals surface area contributed by atoms with Crippen LogP contribution in [0, 0.1) is 17.3 Å². The smallest absolute Gasteiger partial charge is 0.404 e. The Labute approximate surface area is 154 Å². The first-order valence-corrected chi connectivity index (χ1v) is 8.94. The zero-order valence-corrected chi connectivity index (χ0v) is 16.3. The van der Waals surface area contributed by atoms with Crippen LogP contribution in [0.3, 0.4) is 0 Å². The molecule has 0 spiro atoms. The predicted molar refractivity (Wildman–Crippen MR) is 100 cm³/mol. The molecule has 8 heteroatoms. The third-order valence-corrected chi connectivity index (χ3v) is 4.80. The van der Waals surface area contributed by atoms with E-state index in [1.54, 1.807) is 13.1 Å². The number of rotatable bonds is 4. The highest BCUT2D eigenvalue weighted by atomic mass is 35.5. The van der Waals surface area contributed by atoms with E-state index in [-0.39, 0.29) is 17.4 Å². The van der Waals surface area contributed by atoms with Crippen LogP contribution in [0.4, 0.5) is 16.6 Å². The van der Waals surface area contributed by atoms with Crippen LogP contribution in [-0.4, -0.2) is 47.3 Å².